The topological polar surface area (TPSA) is 71.8 Å². The van der Waals surface area contributed by atoms with Crippen molar-refractivity contribution in [1.82, 2.24) is 25.4 Å². The molecule has 0 aliphatic heterocycles. The van der Waals surface area contributed by atoms with Crippen LogP contribution in [0.15, 0.2) is 36.9 Å². The van der Waals surface area contributed by atoms with E-state index >= 15 is 0 Å². The van der Waals surface area contributed by atoms with Gasteiger partial charge >= 0.3 is 6.03 Å². The number of carbonyl (C=O) groups is 1. The van der Waals surface area contributed by atoms with Crippen LogP contribution >= 0.6 is 11.8 Å². The van der Waals surface area contributed by atoms with E-state index in [-0.39, 0.29) is 6.03 Å². The average molecular weight is 345 g/mol. The lowest BCUT2D eigenvalue weighted by Crippen LogP contribution is -2.40. The molecule has 3 rings (SSSR count). The van der Waals surface area contributed by atoms with E-state index in [1.165, 1.54) is 12.7 Å². The molecule has 2 N–H and O–H groups in total. The van der Waals surface area contributed by atoms with Gasteiger partial charge in [0.25, 0.3) is 0 Å². The molecule has 1 saturated carbocycles. The molecule has 1 aromatic heterocycles. The third-order valence-corrected chi connectivity index (χ3v) is 5.40. The minimum absolute atomic E-state index is 0.0895. The molecule has 0 spiro atoms. The molecule has 7 heteroatoms. The number of hydrogen-bond donors (Lipinski definition) is 2. The van der Waals surface area contributed by atoms with Gasteiger partial charge in [0.05, 0.1) is 5.69 Å². The largest absolute Gasteiger partial charge is 0.335 e. The number of benzene rings is 1. The van der Waals surface area contributed by atoms with E-state index in [0.29, 0.717) is 17.8 Å². The summed E-state index contributed by atoms with van der Waals surface area (Å²) in [5.41, 5.74) is 1.96. The summed E-state index contributed by atoms with van der Waals surface area (Å²) in [4.78, 5) is 16.0. The maximum atomic E-state index is 12.1. The van der Waals surface area contributed by atoms with Crippen molar-refractivity contribution in [2.75, 3.05) is 5.75 Å². The first kappa shape index (κ1) is 16.8. The Morgan fingerprint density at radius 3 is 3.12 bits per heavy atom. The van der Waals surface area contributed by atoms with E-state index in [2.05, 4.69) is 27.6 Å². The van der Waals surface area contributed by atoms with Crippen LogP contribution in [0.1, 0.15) is 31.7 Å². The highest BCUT2D eigenvalue weighted by atomic mass is 32.2. The molecule has 0 bridgehead atoms. The number of rotatable bonds is 6. The molecule has 24 heavy (non-hydrogen) atoms. The molecule has 1 aliphatic carbocycles. The highest BCUT2D eigenvalue weighted by Gasteiger charge is 2.25. The lowest BCUT2D eigenvalue weighted by Gasteiger charge is -2.14. The molecule has 1 aromatic carbocycles. The third kappa shape index (κ3) is 4.50. The maximum Gasteiger partial charge on any atom is 0.315 e. The molecule has 128 valence electrons. The summed E-state index contributed by atoms with van der Waals surface area (Å²) in [5, 5.41) is 10.8. The van der Waals surface area contributed by atoms with Crippen LogP contribution in [-0.2, 0) is 6.54 Å². The number of nitrogens with one attached hydrogen (secondary N) is 2. The van der Waals surface area contributed by atoms with Crippen LogP contribution in [0.5, 0.6) is 0 Å². The molecule has 0 saturated heterocycles. The fourth-order valence-electron chi connectivity index (χ4n) is 3.03. The Morgan fingerprint density at radius 1 is 1.42 bits per heavy atom. The van der Waals surface area contributed by atoms with Crippen LogP contribution in [0.3, 0.4) is 0 Å². The molecule has 0 unspecified atom stereocenters. The highest BCUT2D eigenvalue weighted by molar-refractivity contribution is 7.99. The Morgan fingerprint density at radius 2 is 2.33 bits per heavy atom. The van der Waals surface area contributed by atoms with Gasteiger partial charge in [0, 0.05) is 17.8 Å². The molecular formula is C17H23N5OS. The van der Waals surface area contributed by atoms with Gasteiger partial charge in [0.1, 0.15) is 12.7 Å². The first-order valence-electron chi connectivity index (χ1n) is 8.34. The van der Waals surface area contributed by atoms with Crippen molar-refractivity contribution in [3.05, 3.63) is 42.5 Å². The molecular weight excluding hydrogens is 322 g/mol. The van der Waals surface area contributed by atoms with Crippen LogP contribution in [0.2, 0.25) is 0 Å². The predicted octanol–water partition coefficient (Wildman–Crippen LogP) is 2.74. The fraction of sp³-hybridized carbons (Fsp3) is 0.471. The van der Waals surface area contributed by atoms with E-state index < -0.39 is 0 Å². The van der Waals surface area contributed by atoms with E-state index in [1.54, 1.807) is 11.0 Å². The summed E-state index contributed by atoms with van der Waals surface area (Å²) >= 11 is 2.00. The van der Waals surface area contributed by atoms with Gasteiger partial charge in [-0.05, 0) is 42.7 Å². The van der Waals surface area contributed by atoms with Crippen molar-refractivity contribution in [3.63, 3.8) is 0 Å². The second kappa shape index (κ2) is 8.19. The SMILES string of the molecule is CCS[C@H]1CC[C@@H](NC(=O)NCc2cccc(-n3cncn3)c2)C1. The minimum atomic E-state index is -0.0895. The Balaban J connectivity index is 1.47. The first-order valence-corrected chi connectivity index (χ1v) is 9.39. The van der Waals surface area contributed by atoms with Gasteiger partial charge in [-0.15, -0.1) is 0 Å². The summed E-state index contributed by atoms with van der Waals surface area (Å²) in [7, 11) is 0. The Labute approximate surface area is 146 Å². The van der Waals surface area contributed by atoms with Gasteiger partial charge in [-0.3, -0.25) is 0 Å². The zero-order valence-electron chi connectivity index (χ0n) is 13.8. The van der Waals surface area contributed by atoms with Crippen LogP contribution in [-0.4, -0.2) is 37.8 Å². The van der Waals surface area contributed by atoms with Gasteiger partial charge in [0.15, 0.2) is 0 Å². The lowest BCUT2D eigenvalue weighted by atomic mass is 10.2. The van der Waals surface area contributed by atoms with E-state index in [0.717, 1.165) is 29.8 Å². The summed E-state index contributed by atoms with van der Waals surface area (Å²) in [6.45, 7) is 2.68. The van der Waals surface area contributed by atoms with E-state index in [9.17, 15) is 4.79 Å². The molecule has 6 nitrogen and oxygen atoms in total. The molecule has 2 aromatic rings. The summed E-state index contributed by atoms with van der Waals surface area (Å²) in [6, 6.07) is 8.12. The van der Waals surface area contributed by atoms with Crippen LogP contribution in [0.25, 0.3) is 5.69 Å². The highest BCUT2D eigenvalue weighted by Crippen LogP contribution is 2.29. The molecule has 1 heterocycles. The van der Waals surface area contributed by atoms with Gasteiger partial charge < -0.3 is 10.6 Å². The maximum absolute atomic E-state index is 12.1. The van der Waals surface area contributed by atoms with Crippen LogP contribution in [0, 0.1) is 0 Å². The lowest BCUT2D eigenvalue weighted by molar-refractivity contribution is 0.236. The van der Waals surface area contributed by atoms with E-state index in [1.807, 2.05) is 36.0 Å². The average Bonchev–Trinajstić information content (AvgIpc) is 3.26. The second-order valence-electron chi connectivity index (χ2n) is 5.92. The minimum Gasteiger partial charge on any atom is -0.335 e. The van der Waals surface area contributed by atoms with Gasteiger partial charge in [-0.25, -0.2) is 14.5 Å². The number of thioether (sulfide) groups is 1. The second-order valence-corrected chi connectivity index (χ2v) is 7.50. The summed E-state index contributed by atoms with van der Waals surface area (Å²) < 4.78 is 1.70. The predicted molar refractivity (Wildman–Crippen MR) is 96.3 cm³/mol. The number of urea groups is 1. The first-order chi connectivity index (χ1) is 11.7. The van der Waals surface area contributed by atoms with Crippen LogP contribution < -0.4 is 10.6 Å². The summed E-state index contributed by atoms with van der Waals surface area (Å²) in [6.07, 6.45) is 6.51. The number of hydrogen-bond acceptors (Lipinski definition) is 4. The molecule has 2 atom stereocenters. The summed E-state index contributed by atoms with van der Waals surface area (Å²) in [5.74, 6) is 1.14. The van der Waals surface area contributed by atoms with Gasteiger partial charge in [-0.1, -0.05) is 19.1 Å². The molecule has 0 radical (unpaired) electrons. The molecule has 1 aliphatic rings. The Hall–Kier alpha value is -2.02. The van der Waals surface area contributed by atoms with Crippen molar-refractivity contribution in [3.8, 4) is 5.69 Å². The zero-order chi connectivity index (χ0) is 16.8. The monoisotopic (exact) mass is 345 g/mol. The van der Waals surface area contributed by atoms with Crippen molar-refractivity contribution < 1.29 is 4.79 Å². The van der Waals surface area contributed by atoms with Gasteiger partial charge in [0.2, 0.25) is 0 Å². The Kier molecular flexibility index (Phi) is 5.74. The quantitative estimate of drug-likeness (QED) is 0.844. The number of carbonyl (C=O) groups excluding carboxylic acids is 1. The smallest absolute Gasteiger partial charge is 0.315 e. The molecule has 1 fully saturated rings. The number of amides is 2. The normalized spacial score (nSPS) is 20.0. The Bertz CT molecular complexity index is 661. The van der Waals surface area contributed by atoms with Crippen molar-refractivity contribution in [2.24, 2.45) is 0 Å². The fourth-order valence-corrected chi connectivity index (χ4v) is 4.17. The number of nitrogens with zero attached hydrogens (tertiary/aromatic N) is 3. The van der Waals surface area contributed by atoms with Crippen molar-refractivity contribution in [2.45, 2.75) is 44.0 Å². The standard InChI is InChI=1S/C17H23N5OS/c1-2-24-16-7-6-14(9-16)21-17(23)19-10-13-4-3-5-15(8-13)22-12-18-11-20-22/h3-5,8,11-12,14,16H,2,6-7,9-10H2,1H3,(H2,19,21,23)/t14-,16+/m1/s1. The zero-order valence-corrected chi connectivity index (χ0v) is 14.6. The van der Waals surface area contributed by atoms with Crippen molar-refractivity contribution >= 4 is 17.8 Å². The van der Waals surface area contributed by atoms with E-state index in [4.69, 9.17) is 0 Å². The number of aromatic nitrogens is 3. The third-order valence-electron chi connectivity index (χ3n) is 4.17. The van der Waals surface area contributed by atoms with Crippen molar-refractivity contribution in [1.29, 1.82) is 0 Å². The van der Waals surface area contributed by atoms with Crippen LogP contribution in [0.4, 0.5) is 4.79 Å². The molecule has 2 amide bonds. The van der Waals surface area contributed by atoms with Gasteiger partial charge in [-0.2, -0.15) is 16.9 Å².